The predicted octanol–water partition coefficient (Wildman–Crippen LogP) is 3.20. The van der Waals surface area contributed by atoms with Crippen molar-refractivity contribution < 1.29 is 18.9 Å². The van der Waals surface area contributed by atoms with Crippen LogP contribution in [0.2, 0.25) is 0 Å². The lowest BCUT2D eigenvalue weighted by atomic mass is 10.3. The average molecular weight is 257 g/mol. The lowest BCUT2D eigenvalue weighted by Crippen LogP contribution is -2.13. The largest absolute Gasteiger partial charge is 0.340 e. The minimum atomic E-state index is -3.85. The van der Waals surface area contributed by atoms with Crippen LogP contribution in [0.3, 0.4) is 0 Å². The summed E-state index contributed by atoms with van der Waals surface area (Å²) in [6, 6.07) is 0. The summed E-state index contributed by atoms with van der Waals surface area (Å²) in [6.45, 7) is 12.2. The summed E-state index contributed by atoms with van der Waals surface area (Å²) in [5.74, 6) is 0. The second-order valence-electron chi connectivity index (χ2n) is 5.38. The monoisotopic (exact) mass is 257 g/mol. The van der Waals surface area contributed by atoms with Crippen molar-refractivity contribution in [1.29, 1.82) is 0 Å². The molecule has 1 atom stereocenters. The summed E-state index contributed by atoms with van der Waals surface area (Å²) in [5, 5.41) is -0.887. The van der Waals surface area contributed by atoms with Gasteiger partial charge in [-0.1, -0.05) is 4.57 Å². The third-order valence-corrected chi connectivity index (χ3v) is 5.46. The van der Waals surface area contributed by atoms with Crippen LogP contribution in [0.1, 0.15) is 41.5 Å². The fourth-order valence-corrected chi connectivity index (χ4v) is 0. The zero-order valence-electron chi connectivity index (χ0n) is 10.6. The van der Waals surface area contributed by atoms with Gasteiger partial charge in [0.05, 0.1) is 5.16 Å². The second kappa shape index (κ2) is 5.54. The Labute approximate surface area is 93.4 Å². The van der Waals surface area contributed by atoms with Gasteiger partial charge in [-0.2, -0.15) is 0 Å². The van der Waals surface area contributed by atoms with Crippen molar-refractivity contribution >= 4 is 15.4 Å². The number of rotatable bonds is 0. The lowest BCUT2D eigenvalue weighted by molar-refractivity contribution is 0.342. The maximum atomic E-state index is 10.6. The predicted molar refractivity (Wildman–Crippen MR) is 65.1 cm³/mol. The van der Waals surface area contributed by atoms with Crippen LogP contribution in [0.15, 0.2) is 0 Å². The van der Waals surface area contributed by atoms with E-state index in [0.717, 1.165) is 0 Å². The Hall–Kier alpha value is 0.250. The van der Waals surface area contributed by atoms with Crippen LogP contribution in [0.25, 0.3) is 0 Å². The van der Waals surface area contributed by atoms with Crippen molar-refractivity contribution in [3.63, 3.8) is 0 Å². The molecule has 6 heteroatoms. The zero-order chi connectivity index (χ0) is 13.1. The second-order valence-corrected chi connectivity index (χ2v) is 10.1. The quantitative estimate of drug-likeness (QED) is 0.653. The van der Waals surface area contributed by atoms with Gasteiger partial charge in [-0.3, -0.25) is 4.57 Å². The molecular formula is C9H23O4P2+. The first-order valence-corrected chi connectivity index (χ1v) is 7.98. The molecule has 0 rings (SSSR count). The van der Waals surface area contributed by atoms with E-state index in [2.05, 4.69) is 0 Å². The lowest BCUT2D eigenvalue weighted by Gasteiger charge is -2.18. The van der Waals surface area contributed by atoms with Gasteiger partial charge in [-0.05, 0) is 41.5 Å². The molecule has 0 aliphatic carbocycles. The highest BCUT2D eigenvalue weighted by molar-refractivity contribution is 7.53. The van der Waals surface area contributed by atoms with E-state index < -0.39 is 20.6 Å². The Morgan fingerprint density at radius 2 is 1.13 bits per heavy atom. The van der Waals surface area contributed by atoms with E-state index in [-0.39, 0.29) is 5.16 Å². The van der Waals surface area contributed by atoms with Crippen LogP contribution < -0.4 is 0 Å². The summed E-state index contributed by atoms with van der Waals surface area (Å²) in [5.41, 5.74) is 0. The molecule has 0 aliphatic heterocycles. The van der Waals surface area contributed by atoms with Crippen LogP contribution in [0.4, 0.5) is 0 Å². The Morgan fingerprint density at radius 1 is 1.00 bits per heavy atom. The third kappa shape index (κ3) is 9.19. The molecule has 0 saturated carbocycles. The van der Waals surface area contributed by atoms with E-state index in [4.69, 9.17) is 9.79 Å². The fraction of sp³-hybridized carbons (Fsp3) is 1.00. The maximum Gasteiger partial charge on any atom is 0.340 e. The van der Waals surface area contributed by atoms with Gasteiger partial charge in [-0.25, -0.2) is 0 Å². The molecule has 0 aliphatic rings. The van der Waals surface area contributed by atoms with E-state index in [1.165, 1.54) is 20.8 Å². The first-order chi connectivity index (χ1) is 6.19. The zero-order valence-corrected chi connectivity index (χ0v) is 12.4. The third-order valence-electron chi connectivity index (χ3n) is 1.82. The van der Waals surface area contributed by atoms with Gasteiger partial charge in [0.15, 0.2) is 5.16 Å². The summed E-state index contributed by atoms with van der Waals surface area (Å²) < 4.78 is 21.0. The maximum absolute atomic E-state index is 10.6. The number of hydrogen-bond donors (Lipinski definition) is 2. The van der Waals surface area contributed by atoms with Crippen LogP contribution >= 0.6 is 15.4 Å². The molecule has 2 N–H and O–H groups in total. The smallest absolute Gasteiger partial charge is 0.324 e. The molecule has 15 heavy (non-hydrogen) atoms. The van der Waals surface area contributed by atoms with Gasteiger partial charge >= 0.3 is 15.4 Å². The van der Waals surface area contributed by atoms with Gasteiger partial charge in [0.1, 0.15) is 6.66 Å². The highest BCUT2D eigenvalue weighted by Gasteiger charge is 2.31. The molecule has 0 fully saturated rings. The van der Waals surface area contributed by atoms with E-state index in [1.807, 2.05) is 20.8 Å². The summed E-state index contributed by atoms with van der Waals surface area (Å²) in [7, 11) is -4.84. The SMILES string of the molecule is CC(C)(C)P(=O)(O)O.C[P+](=O)C(C)(C)C. The molecule has 0 aromatic rings. The van der Waals surface area contributed by atoms with Crippen molar-refractivity contribution in [3.05, 3.63) is 0 Å². The van der Waals surface area contributed by atoms with Crippen LogP contribution in [0.5, 0.6) is 0 Å². The van der Waals surface area contributed by atoms with E-state index in [9.17, 15) is 9.13 Å². The highest BCUT2D eigenvalue weighted by Crippen LogP contribution is 2.49. The molecule has 92 valence electrons. The Kier molecular flexibility index (Phi) is 6.51. The van der Waals surface area contributed by atoms with Crippen molar-refractivity contribution in [2.45, 2.75) is 51.9 Å². The molecule has 0 aromatic heterocycles. The first kappa shape index (κ1) is 17.6. The van der Waals surface area contributed by atoms with Crippen molar-refractivity contribution in [2.75, 3.05) is 6.66 Å². The normalized spacial score (nSPS) is 14.1. The van der Waals surface area contributed by atoms with Crippen molar-refractivity contribution in [2.24, 2.45) is 0 Å². The van der Waals surface area contributed by atoms with Gasteiger partial charge in [0.25, 0.3) is 0 Å². The average Bonchev–Trinajstić information content (AvgIpc) is 1.80. The van der Waals surface area contributed by atoms with Gasteiger partial charge in [0.2, 0.25) is 0 Å². The molecule has 1 unspecified atom stereocenters. The molecule has 0 heterocycles. The Bertz CT molecular complexity index is 254. The minimum absolute atomic E-state index is 0.00926. The molecule has 0 bridgehead atoms. The molecule has 0 aromatic carbocycles. The molecular weight excluding hydrogens is 234 g/mol. The Balaban J connectivity index is 0. The summed E-state index contributed by atoms with van der Waals surface area (Å²) in [4.78, 5) is 16.9. The minimum Gasteiger partial charge on any atom is -0.324 e. The first-order valence-electron chi connectivity index (χ1n) is 4.66. The van der Waals surface area contributed by atoms with E-state index in [0.29, 0.717) is 0 Å². The topological polar surface area (TPSA) is 74.6 Å². The fourth-order valence-electron chi connectivity index (χ4n) is 0. The highest BCUT2D eigenvalue weighted by atomic mass is 31.2. The summed E-state index contributed by atoms with van der Waals surface area (Å²) >= 11 is 0. The van der Waals surface area contributed by atoms with E-state index >= 15 is 0 Å². The molecule has 4 nitrogen and oxygen atoms in total. The van der Waals surface area contributed by atoms with Crippen LogP contribution in [0, 0.1) is 0 Å². The number of hydrogen-bond acceptors (Lipinski definition) is 2. The van der Waals surface area contributed by atoms with Crippen molar-refractivity contribution in [3.8, 4) is 0 Å². The van der Waals surface area contributed by atoms with Crippen LogP contribution in [-0.4, -0.2) is 26.8 Å². The molecule has 0 amide bonds. The van der Waals surface area contributed by atoms with Gasteiger partial charge in [0, 0.05) is 0 Å². The summed E-state index contributed by atoms with van der Waals surface area (Å²) in [6.07, 6.45) is 0. The van der Waals surface area contributed by atoms with Gasteiger partial charge < -0.3 is 9.79 Å². The van der Waals surface area contributed by atoms with Gasteiger partial charge in [-0.15, -0.1) is 0 Å². The Morgan fingerprint density at radius 3 is 1.13 bits per heavy atom. The molecule has 0 spiro atoms. The van der Waals surface area contributed by atoms with Crippen LogP contribution in [-0.2, 0) is 9.13 Å². The van der Waals surface area contributed by atoms with E-state index in [1.54, 1.807) is 6.66 Å². The standard InChI is InChI=1S/C5H12OP.C4H11O3P/c1-5(2,3)7(4)6;1-4(2,3)8(5,6)7/h1-4H3;1-3H3,(H2,5,6,7)/q+1;. The van der Waals surface area contributed by atoms with Crippen molar-refractivity contribution in [1.82, 2.24) is 0 Å². The molecule has 0 radical (unpaired) electrons. The molecule has 0 saturated heterocycles.